The van der Waals surface area contributed by atoms with Crippen LogP contribution >= 0.6 is 0 Å². The first kappa shape index (κ1) is 30.6. The fourth-order valence-electron chi connectivity index (χ4n) is 6.34. The number of ether oxygens (including phenoxy) is 2. The molecule has 2 amide bonds. The molecule has 13 heteroatoms. The summed E-state index contributed by atoms with van der Waals surface area (Å²) in [7, 11) is 3.26. The third-order valence-corrected chi connectivity index (χ3v) is 9.09. The van der Waals surface area contributed by atoms with Crippen molar-refractivity contribution in [3.8, 4) is 28.5 Å². The number of nitrogens with one attached hydrogen (secondary N) is 2. The van der Waals surface area contributed by atoms with Crippen molar-refractivity contribution in [1.82, 2.24) is 39.7 Å². The van der Waals surface area contributed by atoms with E-state index >= 15 is 0 Å². The number of nitrogens with zero attached hydrogens (tertiary/aromatic N) is 7. The van der Waals surface area contributed by atoms with E-state index < -0.39 is 23.9 Å². The van der Waals surface area contributed by atoms with Crippen LogP contribution in [0.4, 0.5) is 5.69 Å². The molecule has 2 aliphatic rings. The van der Waals surface area contributed by atoms with Crippen LogP contribution in [0.5, 0.6) is 5.88 Å². The zero-order chi connectivity index (χ0) is 36.6. The van der Waals surface area contributed by atoms with Crippen molar-refractivity contribution >= 4 is 34.0 Å². The van der Waals surface area contributed by atoms with E-state index in [4.69, 9.17) is 12.2 Å². The molecule has 1 fully saturated rings. The molecule has 1 unspecified atom stereocenters. The molecule has 13 nitrogen and oxygen atoms in total. The number of aromatic amines is 1. The van der Waals surface area contributed by atoms with Crippen molar-refractivity contribution in [3.63, 3.8) is 0 Å². The molecule has 5 aromatic rings. The monoisotopic (exact) mass is 677 g/mol. The quantitative estimate of drug-likeness (QED) is 0.218. The number of carbonyl (C=O) groups is 2. The minimum atomic E-state index is -2.34. The lowest BCUT2D eigenvalue weighted by Crippen LogP contribution is -2.48. The van der Waals surface area contributed by atoms with Gasteiger partial charge in [0.15, 0.2) is 11.4 Å². The number of likely N-dealkylation sites (tertiary alicyclic amines) is 1. The third-order valence-electron chi connectivity index (χ3n) is 9.09. The molecule has 0 spiro atoms. The molecule has 1 atom stereocenters. The number of benzene rings is 2. The zero-order valence-corrected chi connectivity index (χ0v) is 28.5. The number of aryl methyl sites for hydroxylation is 1. The zero-order valence-electron chi connectivity index (χ0n) is 30.5. The molecule has 1 saturated heterocycles. The van der Waals surface area contributed by atoms with Crippen LogP contribution in [-0.2, 0) is 21.4 Å². The summed E-state index contributed by atoms with van der Waals surface area (Å²) in [5.74, 6) is 0.119. The number of pyridine rings is 1. The van der Waals surface area contributed by atoms with Crippen molar-refractivity contribution in [2.24, 2.45) is 7.05 Å². The second-order valence-corrected chi connectivity index (χ2v) is 12.9. The Labute approximate surface area is 293 Å². The van der Waals surface area contributed by atoms with Crippen LogP contribution in [0.3, 0.4) is 0 Å². The Morgan fingerprint density at radius 2 is 1.86 bits per heavy atom. The fraction of sp³-hybridized carbons (Fsp3) is 0.351. The predicted molar refractivity (Wildman–Crippen MR) is 190 cm³/mol. The molecule has 258 valence electrons. The van der Waals surface area contributed by atoms with Gasteiger partial charge in [-0.3, -0.25) is 24.3 Å². The Hall–Kier alpha value is -5.40. The summed E-state index contributed by atoms with van der Waals surface area (Å²) in [6.07, 6.45) is 6.13. The van der Waals surface area contributed by atoms with Crippen molar-refractivity contribution in [3.05, 3.63) is 78.8 Å². The maximum absolute atomic E-state index is 13.8. The van der Waals surface area contributed by atoms with Crippen LogP contribution in [0.15, 0.2) is 73.2 Å². The second kappa shape index (κ2) is 13.8. The lowest BCUT2D eigenvalue weighted by atomic mass is 9.98. The van der Waals surface area contributed by atoms with Crippen LogP contribution in [0.1, 0.15) is 35.0 Å². The highest BCUT2D eigenvalue weighted by molar-refractivity contribution is 6.01. The van der Waals surface area contributed by atoms with Crippen LogP contribution < -0.4 is 10.1 Å². The Morgan fingerprint density at radius 3 is 2.54 bits per heavy atom. The number of amides is 2. The average molecular weight is 678 g/mol. The summed E-state index contributed by atoms with van der Waals surface area (Å²) in [5.41, 5.74) is 4.45. The van der Waals surface area contributed by atoms with E-state index in [1.807, 2.05) is 69.4 Å². The number of methoxy groups -OCH3 is 1. The first-order valence-corrected chi connectivity index (χ1v) is 16.6. The topological polar surface area (TPSA) is 143 Å². The highest BCUT2D eigenvalue weighted by Crippen LogP contribution is 2.32. The first-order chi connectivity index (χ1) is 25.0. The van der Waals surface area contributed by atoms with E-state index in [0.717, 1.165) is 33.2 Å². The molecule has 0 bridgehead atoms. The molecule has 2 aromatic carbocycles. The predicted octanol–water partition coefficient (Wildman–Crippen LogP) is 4.55. The van der Waals surface area contributed by atoms with Crippen molar-refractivity contribution < 1.29 is 21.8 Å². The number of hydrogen-bond acceptors (Lipinski definition) is 9. The van der Waals surface area contributed by atoms with Gasteiger partial charge in [-0.25, -0.2) is 9.97 Å². The van der Waals surface area contributed by atoms with E-state index in [1.54, 1.807) is 29.3 Å². The van der Waals surface area contributed by atoms with Gasteiger partial charge in [-0.1, -0.05) is 30.3 Å². The number of fused-ring (bicyclic) bond motifs is 1. The minimum absolute atomic E-state index is 0.00501. The first-order valence-electron chi connectivity index (χ1n) is 17.6. The molecule has 50 heavy (non-hydrogen) atoms. The number of carbonyl (C=O) groups excluding carboxylic acids is 2. The number of H-pyrrole nitrogens is 1. The molecule has 0 radical (unpaired) electrons. The highest BCUT2D eigenvalue weighted by atomic mass is 16.5. The summed E-state index contributed by atoms with van der Waals surface area (Å²) in [6, 6.07) is 17.1. The molecule has 0 saturated carbocycles. The standard InChI is InChI=1S/C37H41N9O4/c1-24(2)50-32-12-9-28(20-38-32)34-30-19-29(10-11-31(30)41-42-34)40-36(48)37(49-4)15-18-45(22-37)21-33(47)46-16-13-26(14-17-46)25-5-7-27(8-6-25)35-39-23-44(3)43-35/h5-13,19-20,23-24H,14-18,21-22H2,1-4H3,(H,40,48)(H,41,42)/i21D2. The van der Waals surface area contributed by atoms with Crippen LogP contribution in [0, 0.1) is 0 Å². The Balaban J connectivity index is 0.998. The summed E-state index contributed by atoms with van der Waals surface area (Å²) in [4.78, 5) is 39.0. The Bertz CT molecular complexity index is 2130. The molecule has 0 aliphatic carbocycles. The van der Waals surface area contributed by atoms with E-state index in [1.165, 1.54) is 16.9 Å². The van der Waals surface area contributed by atoms with Gasteiger partial charge in [0, 0.05) is 74.8 Å². The molecular formula is C37H41N9O4. The number of hydrogen-bond donors (Lipinski definition) is 2. The lowest BCUT2D eigenvalue weighted by molar-refractivity contribution is -0.138. The molecule has 2 N–H and O–H groups in total. The molecule has 3 aromatic heterocycles. The number of anilines is 1. The summed E-state index contributed by atoms with van der Waals surface area (Å²) >= 11 is 0. The normalized spacial score (nSPS) is 19.0. The second-order valence-electron chi connectivity index (χ2n) is 12.9. The van der Waals surface area contributed by atoms with Gasteiger partial charge in [-0.05, 0) is 62.1 Å². The van der Waals surface area contributed by atoms with Gasteiger partial charge in [0.25, 0.3) is 5.91 Å². The molecule has 5 heterocycles. The number of aromatic nitrogens is 6. The third kappa shape index (κ3) is 6.87. The number of rotatable bonds is 10. The Kier molecular flexibility index (Phi) is 8.48. The molecular weight excluding hydrogens is 634 g/mol. The van der Waals surface area contributed by atoms with Crippen LogP contribution in [-0.4, -0.2) is 103 Å². The average Bonchev–Trinajstić information content (AvgIpc) is 3.91. The van der Waals surface area contributed by atoms with E-state index in [-0.39, 0.29) is 32.2 Å². The lowest BCUT2D eigenvalue weighted by Gasteiger charge is -2.30. The fourth-order valence-corrected chi connectivity index (χ4v) is 6.34. The minimum Gasteiger partial charge on any atom is -0.475 e. The SMILES string of the molecule is [2H]C([2H])(C(=O)N1CC=C(c2ccc(-c3ncn(C)n3)cc2)CC1)N1CCC(OC)(C(=O)Nc2ccc3[nH]nc(-c4ccc(OC(C)C)nc4)c3c2)C1. The van der Waals surface area contributed by atoms with E-state index in [2.05, 4.69) is 30.6 Å². The van der Waals surface area contributed by atoms with Gasteiger partial charge in [-0.15, -0.1) is 0 Å². The van der Waals surface area contributed by atoms with Gasteiger partial charge in [0.1, 0.15) is 12.0 Å². The summed E-state index contributed by atoms with van der Waals surface area (Å²) < 4.78 is 30.9. The molecule has 7 rings (SSSR count). The highest BCUT2D eigenvalue weighted by Gasteiger charge is 2.45. The van der Waals surface area contributed by atoms with Gasteiger partial charge >= 0.3 is 0 Å². The summed E-state index contributed by atoms with van der Waals surface area (Å²) in [6.45, 7) is 2.28. The smallest absolute Gasteiger partial charge is 0.258 e. The van der Waals surface area contributed by atoms with Crippen molar-refractivity contribution in [2.45, 2.75) is 38.4 Å². The molecule has 2 aliphatic heterocycles. The maximum atomic E-state index is 13.8. The van der Waals surface area contributed by atoms with Crippen LogP contribution in [0.25, 0.3) is 39.1 Å². The van der Waals surface area contributed by atoms with Gasteiger partial charge < -0.3 is 19.7 Å². The van der Waals surface area contributed by atoms with E-state index in [0.29, 0.717) is 36.1 Å². The Morgan fingerprint density at radius 1 is 1.06 bits per heavy atom. The summed E-state index contributed by atoms with van der Waals surface area (Å²) in [5, 5.41) is 15.6. The van der Waals surface area contributed by atoms with Gasteiger partial charge in [0.2, 0.25) is 11.8 Å². The van der Waals surface area contributed by atoms with Crippen molar-refractivity contribution in [1.29, 1.82) is 0 Å². The van der Waals surface area contributed by atoms with Gasteiger partial charge in [0.05, 0.1) is 20.9 Å². The maximum Gasteiger partial charge on any atom is 0.258 e. The van der Waals surface area contributed by atoms with Crippen LogP contribution in [0.2, 0.25) is 0 Å². The van der Waals surface area contributed by atoms with Crippen molar-refractivity contribution in [2.75, 3.05) is 45.1 Å². The van der Waals surface area contributed by atoms with Gasteiger partial charge in [-0.2, -0.15) is 10.2 Å². The largest absolute Gasteiger partial charge is 0.475 e. The van der Waals surface area contributed by atoms with E-state index in [9.17, 15) is 9.59 Å².